The predicted molar refractivity (Wildman–Crippen MR) is 13.8 cm³/mol. The van der Waals surface area contributed by atoms with Crippen LogP contribution in [-0.2, 0) is 21.1 Å². The topological polar surface area (TPSA) is 180 Å². The Morgan fingerprint density at radius 2 is 0.429 bits per heavy atom. The molecule has 0 rings (SSSR count). The first-order chi connectivity index (χ1) is 0. The largest absolute Gasteiger partial charge is 4.00 e. The summed E-state index contributed by atoms with van der Waals surface area (Å²) in [4.78, 5) is 0. The van der Waals surface area contributed by atoms with Gasteiger partial charge in [-0.05, 0) is 0 Å². The van der Waals surface area contributed by atoms with Crippen LogP contribution in [0.15, 0.2) is 0 Å². The molecule has 0 radical (unpaired) electrons. The van der Waals surface area contributed by atoms with Crippen molar-refractivity contribution in [3.8, 4) is 0 Å². The maximum atomic E-state index is 0. The van der Waals surface area contributed by atoms with Gasteiger partial charge < -0.3 is 32.9 Å². The predicted octanol–water partition coefficient (Wildman–Crippen LogP) is -0.838. The van der Waals surface area contributed by atoms with Crippen LogP contribution >= 0.6 is 0 Å². The normalized spacial score (nSPS) is 0. The van der Waals surface area contributed by atoms with Gasteiger partial charge in [0.2, 0.25) is 0 Å². The third kappa shape index (κ3) is 635. The Kier molecular flexibility index (Phi) is 210000. The summed E-state index contributed by atoms with van der Waals surface area (Å²) in [5, 5.41) is 0. The van der Waals surface area contributed by atoms with Crippen molar-refractivity contribution in [2.45, 2.75) is 0 Å². The zero-order chi connectivity index (χ0) is 0. The number of hydrogen-bond donors (Lipinski definition) is 0. The van der Waals surface area contributed by atoms with Crippen LogP contribution in [0.5, 0.6) is 0 Å². The van der Waals surface area contributed by atoms with E-state index in [1.54, 1.807) is 0 Å². The van der Waals surface area contributed by atoms with Gasteiger partial charge in [0.15, 0.2) is 0 Å². The molecule has 0 aliphatic heterocycles. The summed E-state index contributed by atoms with van der Waals surface area (Å²) in [6.07, 6.45) is 0. The molecule has 0 saturated heterocycles. The standard InChI is InChI=1S/6H2O.Pt/h6*1H2;/q;;;;;;+4/p-4. The fourth-order valence-corrected chi connectivity index (χ4v) is 0. The molecule has 0 bridgehead atoms. The van der Waals surface area contributed by atoms with Crippen LogP contribution in [0, 0.1) is 0 Å². The van der Waals surface area contributed by atoms with Crippen molar-refractivity contribution >= 4 is 0 Å². The molecule has 6 N–H and O–H groups in total. The van der Waals surface area contributed by atoms with Crippen molar-refractivity contribution in [1.29, 1.82) is 0 Å². The summed E-state index contributed by atoms with van der Waals surface area (Å²) in [6.45, 7) is 0. The monoisotopic (exact) mass is 299 g/mol. The van der Waals surface area contributed by atoms with Crippen LogP contribution in [0.2, 0.25) is 0 Å². The second-order valence-corrected chi connectivity index (χ2v) is 0. The van der Waals surface area contributed by atoms with E-state index < -0.39 is 0 Å². The van der Waals surface area contributed by atoms with Crippen LogP contribution in [-0.4, -0.2) is 32.9 Å². The van der Waals surface area contributed by atoms with Gasteiger partial charge in [0.05, 0.1) is 0 Å². The number of hydrogen-bond acceptors (Lipinski definition) is 6. The Morgan fingerprint density at radius 1 is 0.429 bits per heavy atom. The molecule has 0 atom stereocenters. The third-order valence-electron chi connectivity index (χ3n) is 0. The molecule has 6 nitrogen and oxygen atoms in total. The molecule has 0 amide bonds. The van der Waals surface area contributed by atoms with Crippen LogP contribution < -0.4 is 0 Å². The quantitative estimate of drug-likeness (QED) is 0.562. The van der Waals surface area contributed by atoms with Gasteiger partial charge in [0.25, 0.3) is 0 Å². The molecule has 0 spiro atoms. The van der Waals surface area contributed by atoms with Gasteiger partial charge in [-0.1, -0.05) is 0 Å². The van der Waals surface area contributed by atoms with Gasteiger partial charge in [-0.3, -0.25) is 0 Å². The molecule has 7 heteroatoms. The Hall–Kier alpha value is 0.448. The van der Waals surface area contributed by atoms with Crippen LogP contribution in [0.25, 0.3) is 0 Å². The molecule has 0 fully saturated rings. The Labute approximate surface area is 57.6 Å². The van der Waals surface area contributed by atoms with E-state index in [2.05, 4.69) is 0 Å². The summed E-state index contributed by atoms with van der Waals surface area (Å²) in [5.41, 5.74) is 0. The van der Waals surface area contributed by atoms with Gasteiger partial charge in [-0.25, -0.2) is 0 Å². The molecule has 0 aromatic carbocycles. The number of rotatable bonds is 0. The molecule has 54 valence electrons. The van der Waals surface area contributed by atoms with Crippen molar-refractivity contribution in [2.24, 2.45) is 0 Å². The zero-order valence-electron chi connectivity index (χ0n) is 5.00. The minimum atomic E-state index is 0. The maximum Gasteiger partial charge on any atom is 4.00 e. The van der Waals surface area contributed by atoms with E-state index in [0.29, 0.717) is 0 Å². The Balaban J connectivity index is 0. The second kappa shape index (κ2) is 952. The van der Waals surface area contributed by atoms with Gasteiger partial charge in [-0.15, -0.1) is 0 Å². The van der Waals surface area contributed by atoms with Gasteiger partial charge >= 0.3 is 23.9 Å². The SMILES string of the molecule is [H+].[H+].[OH-].[OH-].[OH-].[OH-].[OH-].[OH-].[Pt+4]. The Bertz CT molecular complexity index is 11.0. The van der Waals surface area contributed by atoms with E-state index in [-0.39, 0.29) is 56.8 Å². The molecular weight excluding hydrogens is 291 g/mol. The van der Waals surface area contributed by atoms with Crippen LogP contribution in [0.4, 0.5) is 0 Å². The fourth-order valence-electron chi connectivity index (χ4n) is 0. The van der Waals surface area contributed by atoms with E-state index in [1.165, 1.54) is 0 Å². The van der Waals surface area contributed by atoms with Gasteiger partial charge in [0, 0.05) is 0 Å². The first-order valence-electron chi connectivity index (χ1n) is 0. The van der Waals surface area contributed by atoms with E-state index >= 15 is 0 Å². The second-order valence-electron chi connectivity index (χ2n) is 0. The molecule has 0 aliphatic carbocycles. The molecule has 0 aromatic heterocycles. The molecule has 7 heavy (non-hydrogen) atoms. The first-order valence-corrected chi connectivity index (χ1v) is 0. The summed E-state index contributed by atoms with van der Waals surface area (Å²) in [5.74, 6) is 0. The molecular formula is H8O6Pt. The average molecular weight is 299 g/mol. The smallest absolute Gasteiger partial charge is 0.870 e. The summed E-state index contributed by atoms with van der Waals surface area (Å²) in [7, 11) is 0. The summed E-state index contributed by atoms with van der Waals surface area (Å²) < 4.78 is 0. The maximum absolute atomic E-state index is 0. The van der Waals surface area contributed by atoms with E-state index in [9.17, 15) is 0 Å². The average Bonchev–Trinajstić information content (AvgIpc) is 0. The van der Waals surface area contributed by atoms with Crippen molar-refractivity contribution in [1.82, 2.24) is 0 Å². The molecule has 0 unspecified atom stereocenters. The van der Waals surface area contributed by atoms with Gasteiger partial charge in [-0.2, -0.15) is 0 Å². The molecule has 0 heterocycles. The van der Waals surface area contributed by atoms with Gasteiger partial charge in [0.1, 0.15) is 0 Å². The summed E-state index contributed by atoms with van der Waals surface area (Å²) >= 11 is 0. The molecule has 0 saturated carbocycles. The van der Waals surface area contributed by atoms with Crippen molar-refractivity contribution in [3.05, 3.63) is 0 Å². The van der Waals surface area contributed by atoms with Crippen molar-refractivity contribution in [3.63, 3.8) is 0 Å². The summed E-state index contributed by atoms with van der Waals surface area (Å²) in [6, 6.07) is 0. The fraction of sp³-hybridized carbons (Fsp3) is 0. The Morgan fingerprint density at radius 3 is 0.429 bits per heavy atom. The molecule has 0 aromatic rings. The van der Waals surface area contributed by atoms with E-state index in [0.717, 1.165) is 0 Å². The third-order valence-corrected chi connectivity index (χ3v) is 0. The minimum absolute atomic E-state index is 0. The first kappa shape index (κ1) is 1540. The molecule has 0 aliphatic rings. The zero-order valence-corrected chi connectivity index (χ0v) is 5.27. The van der Waals surface area contributed by atoms with E-state index in [1.807, 2.05) is 0 Å². The van der Waals surface area contributed by atoms with Crippen LogP contribution in [0.3, 0.4) is 0 Å². The van der Waals surface area contributed by atoms with E-state index in [4.69, 9.17) is 0 Å². The van der Waals surface area contributed by atoms with Crippen molar-refractivity contribution < 1.29 is 56.8 Å². The minimum Gasteiger partial charge on any atom is -0.870 e. The van der Waals surface area contributed by atoms with Crippen LogP contribution in [0.1, 0.15) is 2.85 Å². The van der Waals surface area contributed by atoms with Crippen molar-refractivity contribution in [2.75, 3.05) is 0 Å².